The van der Waals surface area contributed by atoms with E-state index in [0.29, 0.717) is 0 Å². The van der Waals surface area contributed by atoms with Crippen LogP contribution in [-0.2, 0) is 4.79 Å². The van der Waals surface area contributed by atoms with Crippen LogP contribution in [0.3, 0.4) is 0 Å². The molecule has 0 fully saturated rings. The lowest BCUT2D eigenvalue weighted by atomic mass is 10.3. The van der Waals surface area contributed by atoms with Gasteiger partial charge in [0.15, 0.2) is 0 Å². The molecule has 0 rings (SSSR count). The predicted molar refractivity (Wildman–Crippen MR) is 35.2 cm³/mol. The molecule has 0 aromatic carbocycles. The molecule has 0 spiro atoms. The van der Waals surface area contributed by atoms with Crippen molar-refractivity contribution in [1.82, 2.24) is 5.48 Å². The van der Waals surface area contributed by atoms with Gasteiger partial charge in [-0.1, -0.05) is 0 Å². The molecule has 0 bridgehead atoms. The second kappa shape index (κ2) is 3.67. The van der Waals surface area contributed by atoms with Crippen LogP contribution in [-0.4, -0.2) is 23.1 Å². The van der Waals surface area contributed by atoms with Crippen LogP contribution < -0.4 is 16.9 Å². The van der Waals surface area contributed by atoms with Crippen molar-refractivity contribution in [2.45, 2.75) is 13.0 Å². The van der Waals surface area contributed by atoms with Crippen LogP contribution in [0.5, 0.6) is 0 Å². The second-order valence-electron chi connectivity index (χ2n) is 1.70. The zero-order valence-electron chi connectivity index (χ0n) is 5.53. The normalized spacial score (nSPS) is 14.4. The van der Waals surface area contributed by atoms with Crippen LogP contribution in [0.15, 0.2) is 4.99 Å². The van der Waals surface area contributed by atoms with Gasteiger partial charge in [0.2, 0.25) is 11.9 Å². The fourth-order valence-corrected chi connectivity index (χ4v) is 0.301. The summed E-state index contributed by atoms with van der Waals surface area (Å²) in [6, 6.07) is -0.723. The van der Waals surface area contributed by atoms with Crippen LogP contribution >= 0.6 is 0 Å². The first kappa shape index (κ1) is 8.70. The third-order valence-corrected chi connectivity index (χ3v) is 0.859. The highest BCUT2D eigenvalue weighted by molar-refractivity contribution is 5.84. The first-order valence-corrected chi connectivity index (χ1v) is 2.60. The van der Waals surface area contributed by atoms with Crippen LogP contribution in [0.25, 0.3) is 0 Å². The van der Waals surface area contributed by atoms with Gasteiger partial charge in [0.05, 0.1) is 0 Å². The van der Waals surface area contributed by atoms with Crippen molar-refractivity contribution in [3.8, 4) is 0 Å². The molecule has 0 aliphatic carbocycles. The molecule has 0 saturated carbocycles. The highest BCUT2D eigenvalue weighted by Gasteiger charge is 2.05. The third kappa shape index (κ3) is 2.88. The average molecular weight is 146 g/mol. The quantitative estimate of drug-likeness (QED) is 0.208. The van der Waals surface area contributed by atoms with Crippen LogP contribution in [0, 0.1) is 0 Å². The first-order chi connectivity index (χ1) is 4.57. The van der Waals surface area contributed by atoms with Gasteiger partial charge in [-0.15, -0.1) is 0 Å². The Labute approximate surface area is 57.9 Å². The Kier molecular flexibility index (Phi) is 3.20. The lowest BCUT2D eigenvalue weighted by molar-refractivity contribution is -0.118. The smallest absolute Gasteiger partial charge is 0.242 e. The Morgan fingerprint density at radius 1 is 1.70 bits per heavy atom. The maximum absolute atomic E-state index is 10.3. The van der Waals surface area contributed by atoms with E-state index < -0.39 is 11.9 Å². The summed E-state index contributed by atoms with van der Waals surface area (Å²) in [6.45, 7) is 1.46. The molecule has 0 aromatic rings. The number of hydrogen-bond acceptors (Lipinski definition) is 3. The highest BCUT2D eigenvalue weighted by Crippen LogP contribution is 1.84. The van der Waals surface area contributed by atoms with Crippen LogP contribution in [0.2, 0.25) is 0 Å². The van der Waals surface area contributed by atoms with Crippen molar-refractivity contribution in [3.05, 3.63) is 0 Å². The van der Waals surface area contributed by atoms with E-state index in [0.717, 1.165) is 0 Å². The zero-order valence-corrected chi connectivity index (χ0v) is 5.53. The van der Waals surface area contributed by atoms with Crippen molar-refractivity contribution in [2.24, 2.45) is 16.5 Å². The molecule has 0 aliphatic heterocycles. The summed E-state index contributed by atoms with van der Waals surface area (Å²) in [5.41, 5.74) is 11.4. The average Bonchev–Trinajstić information content (AvgIpc) is 1.87. The second-order valence-corrected chi connectivity index (χ2v) is 1.70. The van der Waals surface area contributed by atoms with Gasteiger partial charge in [0, 0.05) is 0 Å². The van der Waals surface area contributed by atoms with Crippen LogP contribution in [0.1, 0.15) is 6.92 Å². The molecular formula is C4H10N4O2. The number of primary amides is 1. The van der Waals surface area contributed by atoms with Gasteiger partial charge in [-0.3, -0.25) is 10.0 Å². The minimum absolute atomic E-state index is 0.230. The van der Waals surface area contributed by atoms with Crippen molar-refractivity contribution in [3.63, 3.8) is 0 Å². The van der Waals surface area contributed by atoms with E-state index in [9.17, 15) is 4.79 Å². The van der Waals surface area contributed by atoms with E-state index in [-0.39, 0.29) is 5.96 Å². The maximum Gasteiger partial charge on any atom is 0.242 e. The number of carbonyl (C=O) groups excluding carboxylic acids is 1. The zero-order chi connectivity index (χ0) is 8.15. The summed E-state index contributed by atoms with van der Waals surface area (Å²) in [5.74, 6) is -0.829. The van der Waals surface area contributed by atoms with Crippen molar-refractivity contribution in [2.75, 3.05) is 0 Å². The van der Waals surface area contributed by atoms with Gasteiger partial charge in [-0.2, -0.15) is 0 Å². The number of hydroxylamine groups is 1. The number of nitrogens with zero attached hydrogens (tertiary/aromatic N) is 1. The topological polar surface area (TPSA) is 114 Å². The third-order valence-electron chi connectivity index (χ3n) is 0.859. The fourth-order valence-electron chi connectivity index (χ4n) is 0.301. The minimum atomic E-state index is -0.723. The summed E-state index contributed by atoms with van der Waals surface area (Å²) < 4.78 is 0. The number of amides is 1. The van der Waals surface area contributed by atoms with Crippen molar-refractivity contribution < 1.29 is 10.0 Å². The van der Waals surface area contributed by atoms with Gasteiger partial charge in [0.1, 0.15) is 6.04 Å². The molecule has 58 valence electrons. The molecule has 0 aromatic heterocycles. The molecule has 0 saturated heterocycles. The van der Waals surface area contributed by atoms with Crippen LogP contribution in [0.4, 0.5) is 0 Å². The SMILES string of the molecule is CC(N=C(N)NO)C(N)=O. The summed E-state index contributed by atoms with van der Waals surface area (Å²) >= 11 is 0. The summed E-state index contributed by atoms with van der Waals surface area (Å²) in [6.07, 6.45) is 0. The molecule has 1 atom stereocenters. The van der Waals surface area contributed by atoms with E-state index in [1.54, 1.807) is 5.48 Å². The molecule has 1 unspecified atom stereocenters. The number of rotatable bonds is 2. The first-order valence-electron chi connectivity index (χ1n) is 2.60. The molecule has 0 radical (unpaired) electrons. The lowest BCUT2D eigenvalue weighted by Gasteiger charge is -2.01. The Morgan fingerprint density at radius 3 is 2.50 bits per heavy atom. The Bertz CT molecular complexity index is 155. The van der Waals surface area contributed by atoms with E-state index in [4.69, 9.17) is 16.7 Å². The summed E-state index contributed by atoms with van der Waals surface area (Å²) in [5, 5.41) is 8.11. The molecule has 6 heteroatoms. The number of hydrogen-bond donors (Lipinski definition) is 4. The molecule has 6 nitrogen and oxygen atoms in total. The molecular weight excluding hydrogens is 136 g/mol. The van der Waals surface area contributed by atoms with Gasteiger partial charge in [-0.25, -0.2) is 10.5 Å². The minimum Gasteiger partial charge on any atom is -0.368 e. The van der Waals surface area contributed by atoms with Gasteiger partial charge >= 0.3 is 0 Å². The number of nitrogens with two attached hydrogens (primary N) is 2. The molecule has 0 heterocycles. The standard InChI is InChI=1S/C4H10N4O2/c1-2(3(5)9)7-4(6)8-10/h2,10H,1H3,(H2,5,9)(H3,6,7,8). The van der Waals surface area contributed by atoms with Gasteiger partial charge in [-0.05, 0) is 6.92 Å². The molecule has 1 amide bonds. The molecule has 0 aliphatic rings. The Balaban J connectivity index is 3.99. The Hall–Kier alpha value is -1.30. The fraction of sp³-hybridized carbons (Fsp3) is 0.500. The lowest BCUT2D eigenvalue weighted by Crippen LogP contribution is -2.33. The number of aliphatic imine (C=N–C) groups is 1. The number of nitrogens with one attached hydrogen (secondary N) is 1. The van der Waals surface area contributed by atoms with Gasteiger partial charge in [0.25, 0.3) is 0 Å². The summed E-state index contributed by atoms with van der Waals surface area (Å²) in [4.78, 5) is 13.8. The number of guanidine groups is 1. The highest BCUT2D eigenvalue weighted by atomic mass is 16.5. The van der Waals surface area contributed by atoms with Crippen molar-refractivity contribution in [1.29, 1.82) is 0 Å². The van der Waals surface area contributed by atoms with E-state index in [1.165, 1.54) is 6.92 Å². The maximum atomic E-state index is 10.3. The molecule has 10 heavy (non-hydrogen) atoms. The summed E-state index contributed by atoms with van der Waals surface area (Å²) in [7, 11) is 0. The van der Waals surface area contributed by atoms with Crippen molar-refractivity contribution >= 4 is 11.9 Å². The largest absolute Gasteiger partial charge is 0.368 e. The van der Waals surface area contributed by atoms with E-state index >= 15 is 0 Å². The predicted octanol–water partition coefficient (Wildman–Crippen LogP) is -1.85. The monoisotopic (exact) mass is 146 g/mol. The molecule has 6 N–H and O–H groups in total. The number of carbonyl (C=O) groups is 1. The Morgan fingerprint density at radius 2 is 2.20 bits per heavy atom. The van der Waals surface area contributed by atoms with E-state index in [2.05, 4.69) is 4.99 Å². The van der Waals surface area contributed by atoms with Gasteiger partial charge < -0.3 is 11.5 Å². The van der Waals surface area contributed by atoms with E-state index in [1.807, 2.05) is 0 Å².